The summed E-state index contributed by atoms with van der Waals surface area (Å²) in [5.41, 5.74) is 1.67. The molecule has 7 nitrogen and oxygen atoms in total. The molecule has 154 valence electrons. The van der Waals surface area contributed by atoms with E-state index < -0.39 is 0 Å². The molecule has 2 aliphatic rings. The normalized spacial score (nSPS) is 19.1. The van der Waals surface area contributed by atoms with Crippen LogP contribution in [0.4, 0.5) is 11.4 Å². The van der Waals surface area contributed by atoms with Gasteiger partial charge < -0.3 is 15.1 Å². The lowest BCUT2D eigenvalue weighted by molar-refractivity contribution is -0.119. The van der Waals surface area contributed by atoms with Crippen LogP contribution in [0.25, 0.3) is 0 Å². The molecule has 0 saturated carbocycles. The number of hydrogen-bond acceptors (Lipinski definition) is 5. The molecular formula is C22H22N4O3S. The van der Waals surface area contributed by atoms with Gasteiger partial charge in [0, 0.05) is 49.8 Å². The van der Waals surface area contributed by atoms with Crippen LogP contribution < -0.4 is 15.1 Å². The van der Waals surface area contributed by atoms with Gasteiger partial charge in [0.2, 0.25) is 11.8 Å². The van der Waals surface area contributed by atoms with Crippen LogP contribution in [0.5, 0.6) is 0 Å². The quantitative estimate of drug-likeness (QED) is 0.802. The summed E-state index contributed by atoms with van der Waals surface area (Å²) in [7, 11) is 0. The Hall–Kier alpha value is -3.18. The number of anilines is 2. The molecule has 1 atom stereocenters. The van der Waals surface area contributed by atoms with Gasteiger partial charge in [-0.3, -0.25) is 14.4 Å². The fourth-order valence-electron chi connectivity index (χ4n) is 3.90. The van der Waals surface area contributed by atoms with Gasteiger partial charge in [-0.2, -0.15) is 5.26 Å². The van der Waals surface area contributed by atoms with E-state index in [4.69, 9.17) is 5.26 Å². The zero-order chi connectivity index (χ0) is 21.1. The van der Waals surface area contributed by atoms with E-state index >= 15 is 0 Å². The molecule has 0 bridgehead atoms. The number of amides is 3. The van der Waals surface area contributed by atoms with Gasteiger partial charge in [-0.1, -0.05) is 0 Å². The molecule has 2 fully saturated rings. The number of nitrogens with one attached hydrogen (secondary N) is 1. The Morgan fingerprint density at radius 3 is 2.47 bits per heavy atom. The van der Waals surface area contributed by atoms with Gasteiger partial charge in [0.05, 0.1) is 4.88 Å². The lowest BCUT2D eigenvalue weighted by Gasteiger charge is -2.27. The van der Waals surface area contributed by atoms with Crippen molar-refractivity contribution in [2.24, 2.45) is 5.92 Å². The molecule has 1 aromatic carbocycles. The maximum absolute atomic E-state index is 12.5. The van der Waals surface area contributed by atoms with Gasteiger partial charge in [-0.15, -0.1) is 11.3 Å². The van der Waals surface area contributed by atoms with Crippen molar-refractivity contribution in [3.8, 4) is 6.07 Å². The van der Waals surface area contributed by atoms with Crippen molar-refractivity contribution in [3.63, 3.8) is 0 Å². The van der Waals surface area contributed by atoms with Crippen LogP contribution in [0.15, 0.2) is 36.4 Å². The summed E-state index contributed by atoms with van der Waals surface area (Å²) >= 11 is 1.16. The largest absolute Gasteiger partial charge is 0.351 e. The zero-order valence-electron chi connectivity index (χ0n) is 16.5. The average Bonchev–Trinajstić information content (AvgIpc) is 3.39. The second kappa shape index (κ2) is 8.67. The summed E-state index contributed by atoms with van der Waals surface area (Å²) in [6.45, 7) is 1.68. The number of carbonyl (C=O) groups excluding carboxylic acids is 3. The Balaban J connectivity index is 1.34. The highest BCUT2D eigenvalue weighted by atomic mass is 32.1. The first-order valence-corrected chi connectivity index (χ1v) is 10.9. The highest BCUT2D eigenvalue weighted by Gasteiger charge is 2.31. The third kappa shape index (κ3) is 4.21. The Kier molecular flexibility index (Phi) is 5.81. The van der Waals surface area contributed by atoms with E-state index in [1.54, 1.807) is 21.9 Å². The Bertz CT molecular complexity index is 1010. The molecule has 0 aliphatic carbocycles. The minimum Gasteiger partial charge on any atom is -0.351 e. The van der Waals surface area contributed by atoms with Gasteiger partial charge in [-0.05, 0) is 49.2 Å². The van der Waals surface area contributed by atoms with Crippen molar-refractivity contribution in [2.45, 2.75) is 25.7 Å². The van der Waals surface area contributed by atoms with Crippen molar-refractivity contribution in [3.05, 3.63) is 46.2 Å². The van der Waals surface area contributed by atoms with Crippen LogP contribution in [0.3, 0.4) is 0 Å². The zero-order valence-corrected chi connectivity index (χ0v) is 17.3. The van der Waals surface area contributed by atoms with E-state index in [1.807, 2.05) is 30.3 Å². The minimum atomic E-state index is -0.219. The average molecular weight is 423 g/mol. The number of thiophene rings is 1. The summed E-state index contributed by atoms with van der Waals surface area (Å²) in [4.78, 5) is 41.4. The number of rotatable bonds is 5. The summed E-state index contributed by atoms with van der Waals surface area (Å²) in [5.74, 6) is -0.0169. The molecule has 2 aromatic rings. The summed E-state index contributed by atoms with van der Waals surface area (Å²) in [6.07, 6.45) is 2.91. The van der Waals surface area contributed by atoms with Gasteiger partial charge in [0.1, 0.15) is 10.9 Å². The molecule has 0 radical (unpaired) electrons. The summed E-state index contributed by atoms with van der Waals surface area (Å²) in [6, 6.07) is 12.8. The van der Waals surface area contributed by atoms with Crippen LogP contribution in [-0.4, -0.2) is 37.4 Å². The number of hydrogen-bond donors (Lipinski definition) is 1. The highest BCUT2D eigenvalue weighted by Crippen LogP contribution is 2.28. The lowest BCUT2D eigenvalue weighted by atomic mass is 10.1. The number of nitriles is 1. The molecule has 1 N–H and O–H groups in total. The molecule has 0 spiro atoms. The topological polar surface area (TPSA) is 93.5 Å². The van der Waals surface area contributed by atoms with Crippen LogP contribution in [0, 0.1) is 17.2 Å². The summed E-state index contributed by atoms with van der Waals surface area (Å²) in [5, 5.41) is 11.7. The van der Waals surface area contributed by atoms with Gasteiger partial charge in [0.15, 0.2) is 0 Å². The molecule has 4 rings (SSSR count). The van der Waals surface area contributed by atoms with E-state index in [9.17, 15) is 14.4 Å². The first-order chi connectivity index (χ1) is 14.5. The van der Waals surface area contributed by atoms with Crippen molar-refractivity contribution >= 4 is 40.4 Å². The second-order valence-corrected chi connectivity index (χ2v) is 8.66. The fourth-order valence-corrected chi connectivity index (χ4v) is 4.62. The van der Waals surface area contributed by atoms with Gasteiger partial charge >= 0.3 is 0 Å². The maximum Gasteiger partial charge on any atom is 0.261 e. The Labute approximate surface area is 178 Å². The fraction of sp³-hybridized carbons (Fsp3) is 0.364. The van der Waals surface area contributed by atoms with E-state index in [1.165, 1.54) is 0 Å². The van der Waals surface area contributed by atoms with E-state index in [0.29, 0.717) is 35.7 Å². The predicted molar refractivity (Wildman–Crippen MR) is 114 cm³/mol. The first-order valence-electron chi connectivity index (χ1n) is 10.0. The van der Waals surface area contributed by atoms with Gasteiger partial charge in [-0.25, -0.2) is 0 Å². The van der Waals surface area contributed by atoms with Crippen molar-refractivity contribution in [1.82, 2.24) is 5.32 Å². The maximum atomic E-state index is 12.5. The molecule has 3 amide bonds. The van der Waals surface area contributed by atoms with E-state index in [0.717, 1.165) is 42.1 Å². The molecule has 30 heavy (non-hydrogen) atoms. The third-order valence-corrected chi connectivity index (χ3v) is 6.48. The molecule has 1 aromatic heterocycles. The van der Waals surface area contributed by atoms with Gasteiger partial charge in [0.25, 0.3) is 5.91 Å². The van der Waals surface area contributed by atoms with Crippen molar-refractivity contribution < 1.29 is 14.4 Å². The molecule has 8 heteroatoms. The monoisotopic (exact) mass is 422 g/mol. The van der Waals surface area contributed by atoms with E-state index in [-0.39, 0.29) is 23.6 Å². The SMILES string of the molecule is N#Cc1ccc(C(=O)NCC2CC(=O)N(c3ccc(N4CCCCC4=O)cc3)C2)s1. The molecule has 1 unspecified atom stereocenters. The molecule has 2 saturated heterocycles. The smallest absolute Gasteiger partial charge is 0.261 e. The third-order valence-electron chi connectivity index (χ3n) is 5.49. The highest BCUT2D eigenvalue weighted by molar-refractivity contribution is 7.14. The minimum absolute atomic E-state index is 0.0268. The summed E-state index contributed by atoms with van der Waals surface area (Å²) < 4.78 is 0. The predicted octanol–water partition coefficient (Wildman–Crippen LogP) is 2.92. The number of piperidine rings is 1. The Morgan fingerprint density at radius 1 is 1.07 bits per heavy atom. The number of nitrogens with zero attached hydrogens (tertiary/aromatic N) is 3. The van der Waals surface area contributed by atoms with Crippen LogP contribution >= 0.6 is 11.3 Å². The lowest BCUT2D eigenvalue weighted by Crippen LogP contribution is -2.35. The second-order valence-electron chi connectivity index (χ2n) is 7.58. The van der Waals surface area contributed by atoms with Crippen LogP contribution in [0.2, 0.25) is 0 Å². The molecule has 2 aliphatic heterocycles. The van der Waals surface area contributed by atoms with Crippen LogP contribution in [-0.2, 0) is 9.59 Å². The van der Waals surface area contributed by atoms with E-state index in [2.05, 4.69) is 5.32 Å². The number of benzene rings is 1. The molecular weight excluding hydrogens is 400 g/mol. The Morgan fingerprint density at radius 2 is 1.80 bits per heavy atom. The first kappa shape index (κ1) is 20.1. The molecule has 3 heterocycles. The van der Waals surface area contributed by atoms with Crippen molar-refractivity contribution in [1.29, 1.82) is 5.26 Å². The van der Waals surface area contributed by atoms with Crippen LogP contribution in [0.1, 0.15) is 40.2 Å². The van der Waals surface area contributed by atoms with Crippen molar-refractivity contribution in [2.75, 3.05) is 29.4 Å². The standard InChI is InChI=1S/C22H22N4O3S/c23-12-18-8-9-19(30-18)22(29)24-13-15-11-21(28)26(14-15)17-6-4-16(5-7-17)25-10-2-1-3-20(25)27/h4-9,15H,1-3,10-11,13-14H2,(H,24,29). The number of carbonyl (C=O) groups is 3.